The minimum Gasteiger partial charge on any atom is -0.351 e. The third kappa shape index (κ3) is 6.13. The highest BCUT2D eigenvalue weighted by Crippen LogP contribution is 2.34. The van der Waals surface area contributed by atoms with E-state index in [1.807, 2.05) is 46.0 Å². The molecule has 13 heteroatoms. The Morgan fingerprint density at radius 2 is 1.82 bits per heavy atom. The van der Waals surface area contributed by atoms with Crippen LogP contribution in [0.25, 0.3) is 5.69 Å². The number of rotatable bonds is 7. The topological polar surface area (TPSA) is 129 Å². The lowest BCUT2D eigenvalue weighted by atomic mass is 9.95. The van der Waals surface area contributed by atoms with Crippen LogP contribution in [0.5, 0.6) is 0 Å². The molecule has 1 atom stereocenters. The van der Waals surface area contributed by atoms with Gasteiger partial charge in [0.05, 0.1) is 24.3 Å². The van der Waals surface area contributed by atoms with Gasteiger partial charge < -0.3 is 25.3 Å². The van der Waals surface area contributed by atoms with Gasteiger partial charge in [0, 0.05) is 74.7 Å². The smallest absolute Gasteiger partial charge is 0.321 e. The molecule has 3 amide bonds. The van der Waals surface area contributed by atoms with Crippen molar-refractivity contribution < 1.29 is 9.59 Å². The summed E-state index contributed by atoms with van der Waals surface area (Å²) >= 11 is 0. The fraction of sp³-hybridized carbons (Fsp3) is 0.419. The largest absolute Gasteiger partial charge is 0.351 e. The first-order valence-electron chi connectivity index (χ1n) is 15.1. The number of hydrogen-bond donors (Lipinski definition) is 2. The monoisotopic (exact) mass is 597 g/mol. The quantitative estimate of drug-likeness (QED) is 0.332. The number of amides is 3. The average molecular weight is 598 g/mol. The van der Waals surface area contributed by atoms with Gasteiger partial charge in [0.15, 0.2) is 5.69 Å². The first kappa shape index (κ1) is 29.3. The molecule has 0 bridgehead atoms. The van der Waals surface area contributed by atoms with Crippen molar-refractivity contribution in [3.8, 4) is 5.69 Å². The number of aromatic nitrogens is 6. The number of benzene rings is 1. The van der Waals surface area contributed by atoms with Gasteiger partial charge in [-0.3, -0.25) is 9.48 Å². The normalized spacial score (nSPS) is 17.1. The molecular weight excluding hydrogens is 558 g/mol. The standard InChI is InChI=1S/C31H39N11O2/c1-21(2)42-29-22(3)19-40(27-10-9-25(18-32-27)41-12-11-34-37-41)20-26(29)28(36-42)30(43)33-17-23-5-7-24(8-6-23)35-31(44)39-15-13-38(4)14-16-39/h5-12,18,21-22H,13-17,19-20H2,1-4H3,(H,33,43)(H,35,44)/t22-/m0/s1. The second-order valence-corrected chi connectivity index (χ2v) is 11.9. The Labute approximate surface area is 256 Å². The first-order chi connectivity index (χ1) is 21.3. The van der Waals surface area contributed by atoms with E-state index in [1.165, 1.54) is 0 Å². The SMILES string of the molecule is CC(C)n1nc(C(=O)NCc2ccc(NC(=O)N3CCN(C)CC3)cc2)c2c1[C@@H](C)CN(c1ccc(-n3ccnn3)cn1)C2. The third-order valence-electron chi connectivity index (χ3n) is 8.26. The molecule has 6 rings (SSSR count). The molecule has 44 heavy (non-hydrogen) atoms. The molecule has 0 unspecified atom stereocenters. The predicted octanol–water partition coefficient (Wildman–Crippen LogP) is 3.27. The van der Waals surface area contributed by atoms with Gasteiger partial charge in [-0.1, -0.05) is 24.3 Å². The van der Waals surface area contributed by atoms with Crippen LogP contribution in [0.1, 0.15) is 60.0 Å². The maximum Gasteiger partial charge on any atom is 0.321 e. The van der Waals surface area contributed by atoms with E-state index in [1.54, 1.807) is 23.3 Å². The lowest BCUT2D eigenvalue weighted by Gasteiger charge is -2.33. The molecule has 1 saturated heterocycles. The third-order valence-corrected chi connectivity index (χ3v) is 8.26. The molecule has 2 aliphatic rings. The van der Waals surface area contributed by atoms with E-state index in [-0.39, 0.29) is 23.9 Å². The number of anilines is 2. The number of hydrogen-bond acceptors (Lipinski definition) is 8. The summed E-state index contributed by atoms with van der Waals surface area (Å²) in [5.41, 5.74) is 4.96. The van der Waals surface area contributed by atoms with Gasteiger partial charge in [0.2, 0.25) is 0 Å². The van der Waals surface area contributed by atoms with Crippen LogP contribution in [0.2, 0.25) is 0 Å². The fourth-order valence-corrected chi connectivity index (χ4v) is 5.81. The van der Waals surface area contributed by atoms with Crippen molar-refractivity contribution in [2.24, 2.45) is 0 Å². The Bertz CT molecular complexity index is 1590. The number of likely N-dealkylation sites (N-methyl/N-ethyl adjacent to an activating group) is 1. The Kier molecular flexibility index (Phi) is 8.29. The Morgan fingerprint density at radius 3 is 2.48 bits per heavy atom. The zero-order valence-corrected chi connectivity index (χ0v) is 25.6. The molecule has 1 fully saturated rings. The number of pyridine rings is 1. The van der Waals surface area contributed by atoms with Crippen LogP contribution in [-0.4, -0.2) is 91.3 Å². The lowest BCUT2D eigenvalue weighted by molar-refractivity contribution is 0.0944. The van der Waals surface area contributed by atoms with Gasteiger partial charge in [-0.25, -0.2) is 14.5 Å². The van der Waals surface area contributed by atoms with Crippen LogP contribution in [0.15, 0.2) is 55.0 Å². The minimum atomic E-state index is -0.211. The summed E-state index contributed by atoms with van der Waals surface area (Å²) in [4.78, 5) is 37.1. The van der Waals surface area contributed by atoms with Crippen LogP contribution >= 0.6 is 0 Å². The predicted molar refractivity (Wildman–Crippen MR) is 167 cm³/mol. The van der Waals surface area contributed by atoms with Crippen molar-refractivity contribution in [1.29, 1.82) is 0 Å². The van der Waals surface area contributed by atoms with E-state index in [0.29, 0.717) is 31.9 Å². The maximum absolute atomic E-state index is 13.6. The number of nitrogens with one attached hydrogen (secondary N) is 2. The van der Waals surface area contributed by atoms with E-state index in [2.05, 4.69) is 58.6 Å². The molecule has 1 aromatic carbocycles. The molecule has 2 N–H and O–H groups in total. The van der Waals surface area contributed by atoms with Gasteiger partial charge in [-0.15, -0.1) is 5.10 Å². The zero-order chi connectivity index (χ0) is 30.8. The van der Waals surface area contributed by atoms with Crippen molar-refractivity contribution in [1.82, 2.24) is 44.9 Å². The van der Waals surface area contributed by atoms with Gasteiger partial charge in [-0.2, -0.15) is 5.10 Å². The zero-order valence-electron chi connectivity index (χ0n) is 25.6. The number of piperazine rings is 1. The van der Waals surface area contributed by atoms with E-state index in [4.69, 9.17) is 10.1 Å². The summed E-state index contributed by atoms with van der Waals surface area (Å²) in [7, 11) is 2.06. The minimum absolute atomic E-state index is 0.0886. The average Bonchev–Trinajstić information content (AvgIpc) is 3.70. The van der Waals surface area contributed by atoms with Crippen LogP contribution in [0.3, 0.4) is 0 Å². The molecule has 5 heterocycles. The molecule has 0 spiro atoms. The maximum atomic E-state index is 13.6. The summed E-state index contributed by atoms with van der Waals surface area (Å²) in [6.45, 7) is 11.2. The van der Waals surface area contributed by atoms with Crippen molar-refractivity contribution >= 4 is 23.4 Å². The Balaban J connectivity index is 1.13. The number of fused-ring (bicyclic) bond motifs is 1. The second kappa shape index (κ2) is 12.4. The summed E-state index contributed by atoms with van der Waals surface area (Å²) in [6.07, 6.45) is 5.18. The number of carbonyl (C=O) groups excluding carboxylic acids is 2. The highest BCUT2D eigenvalue weighted by atomic mass is 16.2. The summed E-state index contributed by atoms with van der Waals surface area (Å²) in [6, 6.07) is 11.5. The summed E-state index contributed by atoms with van der Waals surface area (Å²) in [5, 5.41) is 18.7. The van der Waals surface area contributed by atoms with E-state index in [0.717, 1.165) is 53.6 Å². The number of carbonyl (C=O) groups is 2. The van der Waals surface area contributed by atoms with Crippen LogP contribution in [0, 0.1) is 0 Å². The van der Waals surface area contributed by atoms with Gasteiger partial charge in [0.25, 0.3) is 5.91 Å². The molecule has 13 nitrogen and oxygen atoms in total. The summed E-state index contributed by atoms with van der Waals surface area (Å²) in [5.74, 6) is 0.770. The molecule has 0 saturated carbocycles. The molecule has 0 aliphatic carbocycles. The molecule has 3 aromatic heterocycles. The van der Waals surface area contributed by atoms with E-state index >= 15 is 0 Å². The summed E-state index contributed by atoms with van der Waals surface area (Å²) < 4.78 is 3.66. The van der Waals surface area contributed by atoms with Gasteiger partial charge >= 0.3 is 6.03 Å². The first-order valence-corrected chi connectivity index (χ1v) is 15.1. The Morgan fingerprint density at radius 1 is 1.05 bits per heavy atom. The highest BCUT2D eigenvalue weighted by Gasteiger charge is 2.33. The molecule has 4 aromatic rings. The van der Waals surface area contributed by atoms with Crippen LogP contribution < -0.4 is 15.5 Å². The lowest BCUT2D eigenvalue weighted by Crippen LogP contribution is -2.48. The Hall–Kier alpha value is -4.78. The van der Waals surface area contributed by atoms with Crippen molar-refractivity contribution in [3.63, 3.8) is 0 Å². The van der Waals surface area contributed by atoms with Crippen molar-refractivity contribution in [3.05, 3.63) is 77.5 Å². The van der Waals surface area contributed by atoms with E-state index in [9.17, 15) is 9.59 Å². The van der Waals surface area contributed by atoms with Crippen LogP contribution in [0.4, 0.5) is 16.3 Å². The molecule has 2 aliphatic heterocycles. The van der Waals surface area contributed by atoms with E-state index < -0.39 is 0 Å². The number of nitrogens with zero attached hydrogens (tertiary/aromatic N) is 9. The second-order valence-electron chi connectivity index (χ2n) is 11.9. The molecule has 0 radical (unpaired) electrons. The van der Waals surface area contributed by atoms with Crippen molar-refractivity contribution in [2.45, 2.75) is 45.8 Å². The molecule has 230 valence electrons. The molecular formula is C31H39N11O2. The van der Waals surface area contributed by atoms with Gasteiger partial charge in [0.1, 0.15) is 5.82 Å². The number of urea groups is 1. The highest BCUT2D eigenvalue weighted by molar-refractivity contribution is 5.94. The van der Waals surface area contributed by atoms with Crippen molar-refractivity contribution in [2.75, 3.05) is 50.0 Å². The van der Waals surface area contributed by atoms with Crippen LogP contribution in [-0.2, 0) is 13.1 Å². The van der Waals surface area contributed by atoms with Gasteiger partial charge in [-0.05, 0) is 50.7 Å². The fourth-order valence-electron chi connectivity index (χ4n) is 5.81.